The SMILES string of the molecule is CCCOC(=O)[C@H]1CCCN1C(C)=O. The topological polar surface area (TPSA) is 46.6 Å². The van der Waals surface area contributed by atoms with E-state index in [1.165, 1.54) is 6.92 Å². The van der Waals surface area contributed by atoms with Crippen molar-refractivity contribution in [3.05, 3.63) is 0 Å². The highest BCUT2D eigenvalue weighted by Gasteiger charge is 2.33. The van der Waals surface area contributed by atoms with Gasteiger partial charge in [0.25, 0.3) is 0 Å². The fourth-order valence-corrected chi connectivity index (χ4v) is 1.69. The number of esters is 1. The molecule has 1 atom stereocenters. The highest BCUT2D eigenvalue weighted by atomic mass is 16.5. The molecule has 0 aromatic heterocycles. The zero-order valence-corrected chi connectivity index (χ0v) is 8.78. The smallest absolute Gasteiger partial charge is 0.328 e. The van der Waals surface area contributed by atoms with Gasteiger partial charge in [0.05, 0.1) is 6.61 Å². The predicted octanol–water partition coefficient (Wildman–Crippen LogP) is 0.951. The van der Waals surface area contributed by atoms with Gasteiger partial charge >= 0.3 is 5.97 Å². The van der Waals surface area contributed by atoms with Gasteiger partial charge in [-0.05, 0) is 19.3 Å². The minimum Gasteiger partial charge on any atom is -0.464 e. The van der Waals surface area contributed by atoms with Crippen LogP contribution in [-0.4, -0.2) is 36.0 Å². The number of amides is 1. The van der Waals surface area contributed by atoms with Crippen molar-refractivity contribution in [1.82, 2.24) is 4.90 Å². The summed E-state index contributed by atoms with van der Waals surface area (Å²) in [5.74, 6) is -0.291. The molecule has 1 aliphatic rings. The maximum Gasteiger partial charge on any atom is 0.328 e. The Balaban J connectivity index is 2.49. The quantitative estimate of drug-likeness (QED) is 0.636. The van der Waals surface area contributed by atoms with Crippen LogP contribution in [0.2, 0.25) is 0 Å². The molecule has 0 radical (unpaired) electrons. The summed E-state index contributed by atoms with van der Waals surface area (Å²) < 4.78 is 5.02. The fraction of sp³-hybridized carbons (Fsp3) is 0.800. The standard InChI is InChI=1S/C10H17NO3/c1-3-7-14-10(13)9-5-4-6-11(9)8(2)12/h9H,3-7H2,1-2H3/t9-/m1/s1. The average Bonchev–Trinajstić information content (AvgIpc) is 2.62. The molecule has 1 aliphatic heterocycles. The molecule has 0 unspecified atom stereocenters. The molecule has 4 nitrogen and oxygen atoms in total. The molecule has 1 saturated heterocycles. The number of nitrogens with zero attached hydrogens (tertiary/aromatic N) is 1. The predicted molar refractivity (Wildman–Crippen MR) is 51.7 cm³/mol. The summed E-state index contributed by atoms with van der Waals surface area (Å²) >= 11 is 0. The molecule has 0 N–H and O–H groups in total. The van der Waals surface area contributed by atoms with Crippen molar-refractivity contribution in [1.29, 1.82) is 0 Å². The van der Waals surface area contributed by atoms with E-state index in [4.69, 9.17) is 4.74 Å². The van der Waals surface area contributed by atoms with Gasteiger partial charge in [-0.3, -0.25) is 4.79 Å². The summed E-state index contributed by atoms with van der Waals surface area (Å²) in [6.07, 6.45) is 2.45. The number of hydrogen-bond donors (Lipinski definition) is 0. The summed E-state index contributed by atoms with van der Waals surface area (Å²) in [5.41, 5.74) is 0. The second-order valence-corrected chi connectivity index (χ2v) is 3.54. The van der Waals surface area contributed by atoms with Gasteiger partial charge in [-0.25, -0.2) is 4.79 Å². The molecular formula is C10H17NO3. The van der Waals surface area contributed by atoms with Crippen LogP contribution in [0, 0.1) is 0 Å². The van der Waals surface area contributed by atoms with E-state index in [0.717, 1.165) is 19.3 Å². The first kappa shape index (κ1) is 11.0. The van der Waals surface area contributed by atoms with E-state index >= 15 is 0 Å². The van der Waals surface area contributed by atoms with E-state index in [0.29, 0.717) is 13.2 Å². The third-order valence-electron chi connectivity index (χ3n) is 2.38. The molecule has 0 aromatic rings. The lowest BCUT2D eigenvalue weighted by Gasteiger charge is -2.21. The number of ether oxygens (including phenoxy) is 1. The Bertz CT molecular complexity index is 227. The van der Waals surface area contributed by atoms with E-state index in [1.807, 2.05) is 6.92 Å². The summed E-state index contributed by atoms with van der Waals surface area (Å²) in [6, 6.07) is -0.334. The van der Waals surface area contributed by atoms with Crippen LogP contribution in [0.25, 0.3) is 0 Å². The molecule has 0 aliphatic carbocycles. The van der Waals surface area contributed by atoms with Crippen molar-refractivity contribution < 1.29 is 14.3 Å². The molecule has 1 rings (SSSR count). The third kappa shape index (κ3) is 2.47. The Morgan fingerprint density at radius 1 is 1.50 bits per heavy atom. The maximum absolute atomic E-state index is 11.5. The molecule has 0 saturated carbocycles. The van der Waals surface area contributed by atoms with Gasteiger partial charge in [0.1, 0.15) is 6.04 Å². The van der Waals surface area contributed by atoms with Gasteiger partial charge in [0, 0.05) is 13.5 Å². The normalized spacial score (nSPS) is 21.0. The summed E-state index contributed by atoms with van der Waals surface area (Å²) in [6.45, 7) is 4.57. The molecule has 0 spiro atoms. The van der Waals surface area contributed by atoms with Gasteiger partial charge in [-0.15, -0.1) is 0 Å². The Morgan fingerprint density at radius 3 is 2.79 bits per heavy atom. The minimum absolute atomic E-state index is 0.0408. The number of carbonyl (C=O) groups excluding carboxylic acids is 2. The van der Waals surface area contributed by atoms with Crippen molar-refractivity contribution in [3.8, 4) is 0 Å². The van der Waals surface area contributed by atoms with Crippen LogP contribution in [0.3, 0.4) is 0 Å². The van der Waals surface area contributed by atoms with E-state index in [-0.39, 0.29) is 17.9 Å². The molecule has 1 amide bonds. The van der Waals surface area contributed by atoms with Gasteiger partial charge < -0.3 is 9.64 Å². The van der Waals surface area contributed by atoms with Crippen LogP contribution in [0.1, 0.15) is 33.1 Å². The van der Waals surface area contributed by atoms with E-state index in [1.54, 1.807) is 4.90 Å². The highest BCUT2D eigenvalue weighted by Crippen LogP contribution is 2.18. The minimum atomic E-state index is -0.334. The molecule has 0 bridgehead atoms. The van der Waals surface area contributed by atoms with Gasteiger partial charge in [0.15, 0.2) is 0 Å². The van der Waals surface area contributed by atoms with Gasteiger partial charge in [-0.2, -0.15) is 0 Å². The van der Waals surface area contributed by atoms with Crippen LogP contribution < -0.4 is 0 Å². The molecule has 1 fully saturated rings. The maximum atomic E-state index is 11.5. The zero-order chi connectivity index (χ0) is 10.6. The first-order chi connectivity index (χ1) is 6.66. The number of likely N-dealkylation sites (tertiary alicyclic amines) is 1. The molecule has 0 aromatic carbocycles. The van der Waals surface area contributed by atoms with Crippen molar-refractivity contribution in [2.45, 2.75) is 39.2 Å². The van der Waals surface area contributed by atoms with Crippen LogP contribution in [0.4, 0.5) is 0 Å². The summed E-state index contributed by atoms with van der Waals surface area (Å²) in [5, 5.41) is 0. The van der Waals surface area contributed by atoms with E-state index < -0.39 is 0 Å². The third-order valence-corrected chi connectivity index (χ3v) is 2.38. The molecule has 1 heterocycles. The van der Waals surface area contributed by atoms with E-state index in [9.17, 15) is 9.59 Å². The first-order valence-corrected chi connectivity index (χ1v) is 5.10. The fourth-order valence-electron chi connectivity index (χ4n) is 1.69. The lowest BCUT2D eigenvalue weighted by molar-refractivity contribution is -0.152. The Kier molecular flexibility index (Phi) is 3.92. The van der Waals surface area contributed by atoms with Crippen LogP contribution in [-0.2, 0) is 14.3 Å². The highest BCUT2D eigenvalue weighted by molar-refractivity contribution is 5.83. The monoisotopic (exact) mass is 199 g/mol. The van der Waals surface area contributed by atoms with Crippen molar-refractivity contribution in [2.75, 3.05) is 13.2 Å². The molecular weight excluding hydrogens is 182 g/mol. The molecule has 14 heavy (non-hydrogen) atoms. The lowest BCUT2D eigenvalue weighted by Crippen LogP contribution is -2.40. The number of carbonyl (C=O) groups is 2. The molecule has 4 heteroatoms. The molecule has 80 valence electrons. The van der Waals surface area contributed by atoms with Crippen LogP contribution in [0.15, 0.2) is 0 Å². The first-order valence-electron chi connectivity index (χ1n) is 5.10. The Morgan fingerprint density at radius 2 is 2.21 bits per heavy atom. The van der Waals surface area contributed by atoms with Crippen LogP contribution in [0.5, 0.6) is 0 Å². The largest absolute Gasteiger partial charge is 0.464 e. The van der Waals surface area contributed by atoms with Crippen LogP contribution >= 0.6 is 0 Å². The Hall–Kier alpha value is -1.06. The van der Waals surface area contributed by atoms with Crippen molar-refractivity contribution in [3.63, 3.8) is 0 Å². The summed E-state index contributed by atoms with van der Waals surface area (Å²) in [4.78, 5) is 24.3. The second-order valence-electron chi connectivity index (χ2n) is 3.54. The number of rotatable bonds is 3. The lowest BCUT2D eigenvalue weighted by atomic mass is 10.2. The zero-order valence-electron chi connectivity index (χ0n) is 8.78. The van der Waals surface area contributed by atoms with Crippen molar-refractivity contribution in [2.24, 2.45) is 0 Å². The summed E-state index contributed by atoms with van der Waals surface area (Å²) in [7, 11) is 0. The van der Waals surface area contributed by atoms with E-state index in [2.05, 4.69) is 0 Å². The Labute approximate surface area is 84.2 Å². The number of hydrogen-bond acceptors (Lipinski definition) is 3. The van der Waals surface area contributed by atoms with Crippen molar-refractivity contribution >= 4 is 11.9 Å². The average molecular weight is 199 g/mol. The van der Waals surface area contributed by atoms with Gasteiger partial charge in [0.2, 0.25) is 5.91 Å². The second kappa shape index (κ2) is 4.98. The van der Waals surface area contributed by atoms with Gasteiger partial charge in [-0.1, -0.05) is 6.92 Å².